The van der Waals surface area contributed by atoms with Crippen molar-refractivity contribution < 1.29 is 19.4 Å². The van der Waals surface area contributed by atoms with Crippen LogP contribution in [-0.4, -0.2) is 49.0 Å². The number of hydrogen-bond donors (Lipinski definition) is 2. The second-order valence-electron chi connectivity index (χ2n) is 4.91. The summed E-state index contributed by atoms with van der Waals surface area (Å²) in [5.74, 6) is 0.196. The molecular weight excluding hydrogens is 260 g/mol. The van der Waals surface area contributed by atoms with Crippen LogP contribution < -0.4 is 5.32 Å². The van der Waals surface area contributed by atoms with E-state index in [2.05, 4.69) is 15.0 Å². The molecule has 112 valence electrons. The maximum atomic E-state index is 11.4. The van der Waals surface area contributed by atoms with Gasteiger partial charge in [0.1, 0.15) is 5.82 Å². The number of nitrogens with one attached hydrogen (secondary N) is 1. The number of carbonyl (C=O) groups is 1. The van der Waals surface area contributed by atoms with Gasteiger partial charge in [-0.2, -0.15) is 0 Å². The van der Waals surface area contributed by atoms with Crippen molar-refractivity contribution >= 4 is 11.8 Å². The molecule has 0 fully saturated rings. The Labute approximate surface area is 119 Å². The molecule has 20 heavy (non-hydrogen) atoms. The largest absolute Gasteiger partial charge is 0.465 e. The van der Waals surface area contributed by atoms with Crippen LogP contribution in [0, 0.1) is 6.92 Å². The fourth-order valence-electron chi connectivity index (χ4n) is 1.68. The van der Waals surface area contributed by atoms with Gasteiger partial charge in [0.25, 0.3) is 0 Å². The number of methoxy groups -OCH3 is 2. The summed E-state index contributed by atoms with van der Waals surface area (Å²) >= 11 is 0. The van der Waals surface area contributed by atoms with Crippen molar-refractivity contribution in [2.45, 2.75) is 25.9 Å². The van der Waals surface area contributed by atoms with Gasteiger partial charge < -0.3 is 19.9 Å². The maximum absolute atomic E-state index is 11.4. The molecule has 0 saturated heterocycles. The van der Waals surface area contributed by atoms with Crippen molar-refractivity contribution in [2.24, 2.45) is 0 Å². The van der Waals surface area contributed by atoms with Crippen LogP contribution in [0.2, 0.25) is 0 Å². The molecule has 1 aromatic rings. The number of anilines is 1. The molecule has 0 aliphatic heterocycles. The van der Waals surface area contributed by atoms with E-state index in [9.17, 15) is 9.90 Å². The van der Waals surface area contributed by atoms with Crippen molar-refractivity contribution in [3.8, 4) is 0 Å². The van der Waals surface area contributed by atoms with Gasteiger partial charge in [0.2, 0.25) is 0 Å². The standard InChI is InChI=1S/C14H22N2O4/c1-10-11(13(17)20-4)5-6-12(16-10)15-9-14(2,18)7-8-19-3/h5-6,18H,7-9H2,1-4H3,(H,15,16). The van der Waals surface area contributed by atoms with Gasteiger partial charge in [-0.3, -0.25) is 0 Å². The molecule has 6 heteroatoms. The number of esters is 1. The molecular formula is C14H22N2O4. The van der Waals surface area contributed by atoms with Crippen molar-refractivity contribution in [3.05, 3.63) is 23.4 Å². The molecule has 1 atom stereocenters. The summed E-state index contributed by atoms with van der Waals surface area (Å²) in [6.07, 6.45) is 0.524. The van der Waals surface area contributed by atoms with E-state index in [0.717, 1.165) is 0 Å². The summed E-state index contributed by atoms with van der Waals surface area (Å²) in [6.45, 7) is 4.30. The highest BCUT2D eigenvalue weighted by Crippen LogP contribution is 2.14. The lowest BCUT2D eigenvalue weighted by atomic mass is 10.0. The van der Waals surface area contributed by atoms with Gasteiger partial charge in [0, 0.05) is 26.7 Å². The molecule has 0 bridgehead atoms. The van der Waals surface area contributed by atoms with Crippen LogP contribution in [0.5, 0.6) is 0 Å². The lowest BCUT2D eigenvalue weighted by Gasteiger charge is -2.23. The number of hydrogen-bond acceptors (Lipinski definition) is 6. The average Bonchev–Trinajstić information content (AvgIpc) is 2.42. The molecule has 0 spiro atoms. The first kappa shape index (κ1) is 16.4. The zero-order chi connectivity index (χ0) is 15.2. The third-order valence-electron chi connectivity index (χ3n) is 2.99. The van der Waals surface area contributed by atoms with Gasteiger partial charge in [-0.05, 0) is 26.0 Å². The molecule has 2 N–H and O–H groups in total. The lowest BCUT2D eigenvalue weighted by molar-refractivity contribution is 0.0356. The van der Waals surface area contributed by atoms with Gasteiger partial charge in [-0.25, -0.2) is 9.78 Å². The molecule has 6 nitrogen and oxygen atoms in total. The van der Waals surface area contributed by atoms with E-state index in [1.165, 1.54) is 7.11 Å². The quantitative estimate of drug-likeness (QED) is 0.735. The topological polar surface area (TPSA) is 80.7 Å². The number of aliphatic hydroxyl groups is 1. The first-order valence-corrected chi connectivity index (χ1v) is 6.41. The van der Waals surface area contributed by atoms with E-state index in [4.69, 9.17) is 4.74 Å². The van der Waals surface area contributed by atoms with Crippen LogP contribution in [0.4, 0.5) is 5.82 Å². The Morgan fingerprint density at radius 1 is 1.45 bits per heavy atom. The number of nitrogens with zero attached hydrogens (tertiary/aromatic N) is 1. The van der Waals surface area contributed by atoms with Crippen LogP contribution in [0.3, 0.4) is 0 Å². The van der Waals surface area contributed by atoms with Gasteiger partial charge in [0.15, 0.2) is 0 Å². The number of ether oxygens (including phenoxy) is 2. The van der Waals surface area contributed by atoms with Crippen LogP contribution in [-0.2, 0) is 9.47 Å². The number of aryl methyl sites for hydroxylation is 1. The van der Waals surface area contributed by atoms with Crippen molar-refractivity contribution in [2.75, 3.05) is 32.7 Å². The Morgan fingerprint density at radius 3 is 2.70 bits per heavy atom. The Hall–Kier alpha value is -1.66. The number of pyridine rings is 1. The van der Waals surface area contributed by atoms with Crippen molar-refractivity contribution in [1.29, 1.82) is 0 Å². The minimum absolute atomic E-state index is 0.348. The Balaban J connectivity index is 2.66. The molecule has 1 aromatic heterocycles. The summed E-state index contributed by atoms with van der Waals surface area (Å²) in [5, 5.41) is 13.2. The molecule has 0 aromatic carbocycles. The van der Waals surface area contributed by atoms with Crippen LogP contribution in [0.1, 0.15) is 29.4 Å². The molecule has 0 aliphatic rings. The number of aromatic nitrogens is 1. The molecule has 0 radical (unpaired) electrons. The summed E-state index contributed by atoms with van der Waals surface area (Å²) < 4.78 is 9.61. The molecule has 1 heterocycles. The molecule has 0 aliphatic carbocycles. The van der Waals surface area contributed by atoms with Gasteiger partial charge >= 0.3 is 5.97 Å². The smallest absolute Gasteiger partial charge is 0.339 e. The second-order valence-corrected chi connectivity index (χ2v) is 4.91. The SMILES string of the molecule is COCCC(C)(O)CNc1ccc(C(=O)OC)c(C)n1. The summed E-state index contributed by atoms with van der Waals surface area (Å²) in [6, 6.07) is 3.34. The van der Waals surface area contributed by atoms with Gasteiger partial charge in [-0.15, -0.1) is 0 Å². The van der Waals surface area contributed by atoms with E-state index in [1.54, 1.807) is 33.1 Å². The Morgan fingerprint density at radius 2 is 2.15 bits per heavy atom. The summed E-state index contributed by atoms with van der Waals surface area (Å²) in [5.41, 5.74) is 0.134. The van der Waals surface area contributed by atoms with E-state index < -0.39 is 11.6 Å². The highest BCUT2D eigenvalue weighted by molar-refractivity contribution is 5.90. The first-order valence-electron chi connectivity index (χ1n) is 6.41. The molecule has 1 rings (SSSR count). The Bertz CT molecular complexity index is 460. The summed E-state index contributed by atoms with van der Waals surface area (Å²) in [4.78, 5) is 15.7. The molecule has 0 amide bonds. The van der Waals surface area contributed by atoms with Crippen molar-refractivity contribution in [3.63, 3.8) is 0 Å². The van der Waals surface area contributed by atoms with E-state index in [0.29, 0.717) is 36.6 Å². The highest BCUT2D eigenvalue weighted by Gasteiger charge is 2.20. The lowest BCUT2D eigenvalue weighted by Crippen LogP contribution is -2.34. The molecule has 0 saturated carbocycles. The normalized spacial score (nSPS) is 13.7. The minimum atomic E-state index is -0.882. The highest BCUT2D eigenvalue weighted by atomic mass is 16.5. The van der Waals surface area contributed by atoms with Crippen LogP contribution in [0.25, 0.3) is 0 Å². The predicted octanol–water partition coefficient (Wildman–Crippen LogP) is 1.38. The maximum Gasteiger partial charge on any atom is 0.339 e. The fourth-order valence-corrected chi connectivity index (χ4v) is 1.68. The predicted molar refractivity (Wildman–Crippen MR) is 75.9 cm³/mol. The number of rotatable bonds is 7. The van der Waals surface area contributed by atoms with Gasteiger partial charge in [-0.1, -0.05) is 0 Å². The van der Waals surface area contributed by atoms with Crippen molar-refractivity contribution in [1.82, 2.24) is 4.98 Å². The van der Waals surface area contributed by atoms with Gasteiger partial charge in [0.05, 0.1) is 24.0 Å². The average molecular weight is 282 g/mol. The van der Waals surface area contributed by atoms with Crippen LogP contribution >= 0.6 is 0 Å². The van der Waals surface area contributed by atoms with E-state index >= 15 is 0 Å². The third kappa shape index (κ3) is 4.79. The van der Waals surface area contributed by atoms with E-state index in [1.807, 2.05) is 0 Å². The first-order chi connectivity index (χ1) is 9.39. The Kier molecular flexibility index (Phi) is 5.91. The third-order valence-corrected chi connectivity index (χ3v) is 2.99. The fraction of sp³-hybridized carbons (Fsp3) is 0.571. The van der Waals surface area contributed by atoms with Crippen LogP contribution in [0.15, 0.2) is 12.1 Å². The monoisotopic (exact) mass is 282 g/mol. The second kappa shape index (κ2) is 7.21. The van der Waals surface area contributed by atoms with E-state index in [-0.39, 0.29) is 0 Å². The minimum Gasteiger partial charge on any atom is -0.465 e. The summed E-state index contributed by atoms with van der Waals surface area (Å²) in [7, 11) is 2.93. The zero-order valence-electron chi connectivity index (χ0n) is 12.4. The number of carbonyl (C=O) groups excluding carboxylic acids is 1. The molecule has 1 unspecified atom stereocenters. The zero-order valence-corrected chi connectivity index (χ0v) is 12.4.